The number of hydrogen-bond acceptors (Lipinski definition) is 5. The van der Waals surface area contributed by atoms with Gasteiger partial charge in [0, 0.05) is 6.42 Å². The van der Waals surface area contributed by atoms with Crippen molar-refractivity contribution < 1.29 is 32.6 Å². The lowest BCUT2D eigenvalue weighted by Crippen LogP contribution is -2.45. The topological polar surface area (TPSA) is 108 Å². The molecule has 2 amide bonds. The number of hydrogen-bond donors (Lipinski definition) is 2. The van der Waals surface area contributed by atoms with Gasteiger partial charge in [-0.3, -0.25) is 4.79 Å². The van der Waals surface area contributed by atoms with Crippen LogP contribution in [0.5, 0.6) is 0 Å². The number of carbonyl (C=O) groups excluding carboxylic acids is 3. The molecule has 0 bridgehead atoms. The van der Waals surface area contributed by atoms with Crippen LogP contribution in [-0.2, 0) is 20.7 Å². The first-order valence-electron chi connectivity index (χ1n) is 7.30. The highest BCUT2D eigenvalue weighted by Crippen LogP contribution is 2.18. The van der Waals surface area contributed by atoms with Gasteiger partial charge < -0.3 is 20.5 Å². The van der Waals surface area contributed by atoms with Gasteiger partial charge in [-0.05, 0) is 32.4 Å². The second kappa shape index (κ2) is 7.91. The smallest absolute Gasteiger partial charge is 0.408 e. The lowest BCUT2D eigenvalue weighted by molar-refractivity contribution is -0.143. The van der Waals surface area contributed by atoms with Crippen LogP contribution in [0.25, 0.3) is 0 Å². The van der Waals surface area contributed by atoms with Gasteiger partial charge in [0.2, 0.25) is 0 Å². The second-order valence-corrected chi connectivity index (χ2v) is 6.19. The number of primary amides is 1. The van der Waals surface area contributed by atoms with Crippen molar-refractivity contribution >= 4 is 18.0 Å². The van der Waals surface area contributed by atoms with Gasteiger partial charge in [-0.15, -0.1) is 0 Å². The summed E-state index contributed by atoms with van der Waals surface area (Å²) in [4.78, 5) is 34.6. The van der Waals surface area contributed by atoms with E-state index in [4.69, 9.17) is 10.5 Å². The third-order valence-corrected chi connectivity index (χ3v) is 3.03. The molecule has 0 heterocycles. The molecule has 0 spiro atoms. The van der Waals surface area contributed by atoms with Crippen molar-refractivity contribution in [3.8, 4) is 0 Å². The summed E-state index contributed by atoms with van der Waals surface area (Å²) in [6.07, 6.45) is -1.33. The summed E-state index contributed by atoms with van der Waals surface area (Å²) in [5.41, 5.74) is 3.27. The number of rotatable bonds is 5. The lowest BCUT2D eigenvalue weighted by Gasteiger charge is -2.22. The van der Waals surface area contributed by atoms with E-state index in [2.05, 4.69) is 10.1 Å². The van der Waals surface area contributed by atoms with E-state index in [-0.39, 0.29) is 5.56 Å². The van der Waals surface area contributed by atoms with Crippen LogP contribution < -0.4 is 11.1 Å². The molecule has 9 heteroatoms. The number of nitrogens with two attached hydrogens (primary N) is 1. The van der Waals surface area contributed by atoms with Crippen LogP contribution in [0.4, 0.5) is 13.6 Å². The van der Waals surface area contributed by atoms with Crippen molar-refractivity contribution in [2.75, 3.05) is 7.11 Å². The van der Waals surface area contributed by atoms with E-state index in [0.717, 1.165) is 19.2 Å². The molecule has 1 rings (SSSR count). The molecular formula is C16H20F2N2O5. The number of amides is 2. The van der Waals surface area contributed by atoms with E-state index in [0.29, 0.717) is 0 Å². The average molecular weight is 358 g/mol. The van der Waals surface area contributed by atoms with Gasteiger partial charge >= 0.3 is 12.1 Å². The Kier molecular flexibility index (Phi) is 6.43. The molecule has 0 aromatic heterocycles. The Bertz CT molecular complexity index is 686. The van der Waals surface area contributed by atoms with Crippen LogP contribution in [-0.4, -0.2) is 36.7 Å². The quantitative estimate of drug-likeness (QED) is 0.779. The van der Waals surface area contributed by atoms with Gasteiger partial charge in [0.1, 0.15) is 11.6 Å². The number of halogens is 2. The van der Waals surface area contributed by atoms with Crippen LogP contribution in [0.3, 0.4) is 0 Å². The van der Waals surface area contributed by atoms with Gasteiger partial charge in [-0.25, -0.2) is 18.4 Å². The molecule has 0 aliphatic rings. The summed E-state index contributed by atoms with van der Waals surface area (Å²) < 4.78 is 37.5. The lowest BCUT2D eigenvalue weighted by atomic mass is 10.0. The minimum atomic E-state index is -1.43. The molecular weight excluding hydrogens is 338 g/mol. The highest BCUT2D eigenvalue weighted by atomic mass is 19.2. The maximum Gasteiger partial charge on any atom is 0.408 e. The van der Waals surface area contributed by atoms with Crippen LogP contribution in [0.1, 0.15) is 36.7 Å². The molecule has 1 atom stereocenters. The van der Waals surface area contributed by atoms with E-state index in [1.165, 1.54) is 0 Å². The van der Waals surface area contributed by atoms with E-state index in [9.17, 15) is 23.2 Å². The summed E-state index contributed by atoms with van der Waals surface area (Å²) in [5, 5.41) is 2.24. The van der Waals surface area contributed by atoms with E-state index >= 15 is 0 Å². The molecule has 0 fully saturated rings. The molecule has 0 saturated heterocycles. The third kappa shape index (κ3) is 5.70. The Labute approximate surface area is 143 Å². The molecule has 25 heavy (non-hydrogen) atoms. The summed E-state index contributed by atoms with van der Waals surface area (Å²) in [5.74, 6) is -4.76. The highest BCUT2D eigenvalue weighted by molar-refractivity contribution is 5.93. The summed E-state index contributed by atoms with van der Waals surface area (Å²) in [6, 6.07) is 0.788. The standard InChI is InChI=1S/C16H20F2N2O5/c1-16(2,3)25-15(23)20-10(14(22)24-4)7-8-5-6-9(13(19)21)12(18)11(8)17/h5-6,10H,7H2,1-4H3,(H2,19,21)(H,20,23)/t10-/m0/s1. The van der Waals surface area contributed by atoms with Crippen LogP contribution in [0.15, 0.2) is 12.1 Å². The van der Waals surface area contributed by atoms with E-state index < -0.39 is 53.2 Å². The predicted octanol–water partition coefficient (Wildman–Crippen LogP) is 1.67. The van der Waals surface area contributed by atoms with E-state index in [1.807, 2.05) is 0 Å². The number of benzene rings is 1. The molecule has 3 N–H and O–H groups in total. The Morgan fingerprint density at radius 1 is 1.20 bits per heavy atom. The molecule has 138 valence electrons. The Morgan fingerprint density at radius 3 is 2.28 bits per heavy atom. The van der Waals surface area contributed by atoms with Crippen molar-refractivity contribution in [2.24, 2.45) is 5.73 Å². The van der Waals surface area contributed by atoms with Crippen LogP contribution in [0, 0.1) is 11.6 Å². The van der Waals surface area contributed by atoms with Crippen LogP contribution >= 0.6 is 0 Å². The highest BCUT2D eigenvalue weighted by Gasteiger charge is 2.27. The number of methoxy groups -OCH3 is 1. The van der Waals surface area contributed by atoms with Gasteiger partial charge in [0.05, 0.1) is 12.7 Å². The first kappa shape index (κ1) is 20.3. The van der Waals surface area contributed by atoms with Crippen LogP contribution in [0.2, 0.25) is 0 Å². The Balaban J connectivity index is 3.04. The first-order chi connectivity index (χ1) is 11.5. The Morgan fingerprint density at radius 2 is 1.80 bits per heavy atom. The SMILES string of the molecule is COC(=O)[C@H](Cc1ccc(C(N)=O)c(F)c1F)NC(=O)OC(C)(C)C. The monoisotopic (exact) mass is 358 g/mol. The molecule has 0 saturated carbocycles. The van der Waals surface area contributed by atoms with Gasteiger partial charge in [-0.2, -0.15) is 0 Å². The number of ether oxygens (including phenoxy) is 2. The fourth-order valence-corrected chi connectivity index (χ4v) is 1.94. The second-order valence-electron chi connectivity index (χ2n) is 6.19. The number of alkyl carbamates (subject to hydrolysis) is 1. The Hall–Kier alpha value is -2.71. The van der Waals surface area contributed by atoms with Gasteiger partial charge in [-0.1, -0.05) is 6.07 Å². The predicted molar refractivity (Wildman–Crippen MR) is 83.8 cm³/mol. The summed E-state index contributed by atoms with van der Waals surface area (Å²) in [6.45, 7) is 4.87. The minimum Gasteiger partial charge on any atom is -0.467 e. The molecule has 0 unspecified atom stereocenters. The maximum atomic E-state index is 14.1. The molecule has 0 aliphatic heterocycles. The molecule has 7 nitrogen and oxygen atoms in total. The van der Waals surface area contributed by atoms with E-state index in [1.54, 1.807) is 20.8 Å². The van der Waals surface area contributed by atoms with Gasteiger partial charge in [0.25, 0.3) is 5.91 Å². The van der Waals surface area contributed by atoms with Crippen molar-refractivity contribution in [1.82, 2.24) is 5.32 Å². The molecule has 0 aliphatic carbocycles. The number of nitrogens with one attached hydrogen (secondary N) is 1. The number of carbonyl (C=O) groups is 3. The van der Waals surface area contributed by atoms with Crippen molar-refractivity contribution in [1.29, 1.82) is 0 Å². The molecule has 0 radical (unpaired) electrons. The van der Waals surface area contributed by atoms with Crippen molar-refractivity contribution in [3.05, 3.63) is 34.9 Å². The molecule has 1 aromatic rings. The zero-order valence-corrected chi connectivity index (χ0v) is 14.3. The zero-order valence-electron chi connectivity index (χ0n) is 14.3. The summed E-state index contributed by atoms with van der Waals surface area (Å²) in [7, 11) is 1.08. The third-order valence-electron chi connectivity index (χ3n) is 3.03. The van der Waals surface area contributed by atoms with Crippen molar-refractivity contribution in [3.63, 3.8) is 0 Å². The minimum absolute atomic E-state index is 0.242. The van der Waals surface area contributed by atoms with Crippen molar-refractivity contribution in [2.45, 2.75) is 38.8 Å². The maximum absolute atomic E-state index is 14.1. The fraction of sp³-hybridized carbons (Fsp3) is 0.438. The zero-order chi connectivity index (χ0) is 19.4. The van der Waals surface area contributed by atoms with Gasteiger partial charge in [0.15, 0.2) is 11.6 Å². The largest absolute Gasteiger partial charge is 0.467 e. The summed E-state index contributed by atoms with van der Waals surface area (Å²) >= 11 is 0. The first-order valence-corrected chi connectivity index (χ1v) is 7.30. The number of esters is 1. The fourth-order valence-electron chi connectivity index (χ4n) is 1.94. The normalized spacial score (nSPS) is 12.2. The molecule has 1 aromatic carbocycles. The average Bonchev–Trinajstić information content (AvgIpc) is 2.48.